The number of nitrogens with one attached hydrogen (secondary N) is 1. The van der Waals surface area contributed by atoms with E-state index in [0.717, 1.165) is 31.6 Å². The van der Waals surface area contributed by atoms with Crippen molar-refractivity contribution < 1.29 is 9.53 Å². The second kappa shape index (κ2) is 5.06. The Morgan fingerprint density at radius 2 is 1.68 bits per heavy atom. The summed E-state index contributed by atoms with van der Waals surface area (Å²) in [6.45, 7) is 5.59. The zero-order valence-electron chi connectivity index (χ0n) is 11.6. The fourth-order valence-electron chi connectivity index (χ4n) is 3.40. The quantitative estimate of drug-likeness (QED) is 0.828. The monoisotopic (exact) mass is 259 g/mol. The molecule has 2 aliphatic heterocycles. The molecule has 0 radical (unpaired) electrons. The summed E-state index contributed by atoms with van der Waals surface area (Å²) < 4.78 is 5.53. The number of ketones is 1. The van der Waals surface area contributed by atoms with E-state index in [2.05, 4.69) is 25.2 Å². The third-order valence-electron chi connectivity index (χ3n) is 4.12. The predicted molar refractivity (Wildman–Crippen MR) is 74.5 cm³/mol. The van der Waals surface area contributed by atoms with E-state index in [1.165, 1.54) is 11.1 Å². The van der Waals surface area contributed by atoms with Crippen molar-refractivity contribution in [1.29, 1.82) is 0 Å². The molecular weight excluding hydrogens is 238 g/mol. The number of piperidine rings is 1. The number of benzene rings is 1. The highest BCUT2D eigenvalue weighted by Crippen LogP contribution is 2.27. The first kappa shape index (κ1) is 12.8. The van der Waals surface area contributed by atoms with Crippen LogP contribution in [-0.4, -0.2) is 31.1 Å². The van der Waals surface area contributed by atoms with Gasteiger partial charge in [0, 0.05) is 23.6 Å². The highest BCUT2D eigenvalue weighted by Gasteiger charge is 2.35. The molecule has 1 aromatic carbocycles. The van der Waals surface area contributed by atoms with E-state index in [1.54, 1.807) is 0 Å². The van der Waals surface area contributed by atoms with Gasteiger partial charge in [-0.2, -0.15) is 0 Å². The summed E-state index contributed by atoms with van der Waals surface area (Å²) >= 11 is 0. The summed E-state index contributed by atoms with van der Waals surface area (Å²) in [6.07, 6.45) is 1.81. The summed E-state index contributed by atoms with van der Waals surface area (Å²) in [5, 5.41) is 3.53. The fraction of sp³-hybridized carbons (Fsp3) is 0.562. The standard InChI is InChI=1S/C16H21NO2/c1-10-3-11(2)5-12(4-10)16(18)13-6-14-8-19-9-15(7-13)17-14/h3-5,13-15,17H,6-9H2,1-2H3. The minimum atomic E-state index is 0.154. The number of Topliss-reactive ketones (excluding diaryl/α,β-unsaturated/α-hetero) is 1. The molecule has 2 aliphatic rings. The Labute approximate surface area is 114 Å². The molecule has 0 amide bonds. The van der Waals surface area contributed by atoms with Gasteiger partial charge in [0.1, 0.15) is 0 Å². The van der Waals surface area contributed by atoms with Gasteiger partial charge in [-0.25, -0.2) is 0 Å². The summed E-state index contributed by atoms with van der Waals surface area (Å²) in [5.74, 6) is 0.464. The molecule has 2 unspecified atom stereocenters. The van der Waals surface area contributed by atoms with Crippen molar-refractivity contribution >= 4 is 5.78 Å². The SMILES string of the molecule is Cc1cc(C)cc(C(=O)C2CC3COCC(C2)N3)c1. The molecule has 1 N–H and O–H groups in total. The smallest absolute Gasteiger partial charge is 0.166 e. The molecule has 3 heteroatoms. The lowest BCUT2D eigenvalue weighted by molar-refractivity contribution is 0.00952. The highest BCUT2D eigenvalue weighted by atomic mass is 16.5. The number of carbonyl (C=O) groups excluding carboxylic acids is 1. The fourth-order valence-corrected chi connectivity index (χ4v) is 3.40. The molecule has 1 aromatic rings. The van der Waals surface area contributed by atoms with Crippen molar-refractivity contribution in [3.8, 4) is 0 Å². The second-order valence-electron chi connectivity index (χ2n) is 6.01. The molecule has 0 aromatic heterocycles. The first-order valence-corrected chi connectivity index (χ1v) is 7.08. The van der Waals surface area contributed by atoms with Crippen molar-refractivity contribution in [2.45, 2.75) is 38.8 Å². The number of morpholine rings is 1. The molecule has 19 heavy (non-hydrogen) atoms. The normalized spacial score (nSPS) is 30.1. The maximum absolute atomic E-state index is 12.7. The van der Waals surface area contributed by atoms with Gasteiger partial charge < -0.3 is 10.1 Å². The summed E-state index contributed by atoms with van der Waals surface area (Å²) in [5.41, 5.74) is 3.21. The lowest BCUT2D eigenvalue weighted by Gasteiger charge is -2.39. The van der Waals surface area contributed by atoms with Gasteiger partial charge in [0.2, 0.25) is 0 Å². The van der Waals surface area contributed by atoms with Crippen LogP contribution in [0.5, 0.6) is 0 Å². The van der Waals surface area contributed by atoms with Crippen LogP contribution in [-0.2, 0) is 4.74 Å². The highest BCUT2D eigenvalue weighted by molar-refractivity contribution is 5.98. The topological polar surface area (TPSA) is 38.3 Å². The van der Waals surface area contributed by atoms with Crippen LogP contribution in [0.4, 0.5) is 0 Å². The minimum Gasteiger partial charge on any atom is -0.378 e. The van der Waals surface area contributed by atoms with Gasteiger partial charge in [-0.3, -0.25) is 4.79 Å². The van der Waals surface area contributed by atoms with Crippen molar-refractivity contribution in [2.75, 3.05) is 13.2 Å². The molecule has 3 nitrogen and oxygen atoms in total. The molecule has 3 rings (SSSR count). The zero-order chi connectivity index (χ0) is 13.4. The van der Waals surface area contributed by atoms with Gasteiger partial charge >= 0.3 is 0 Å². The number of hydrogen-bond acceptors (Lipinski definition) is 3. The number of carbonyl (C=O) groups is 1. The Hall–Kier alpha value is -1.19. The number of ether oxygens (including phenoxy) is 1. The van der Waals surface area contributed by atoms with Crippen LogP contribution in [0.25, 0.3) is 0 Å². The summed E-state index contributed by atoms with van der Waals surface area (Å²) in [4.78, 5) is 12.7. The average Bonchev–Trinajstić information content (AvgIpc) is 2.36. The average molecular weight is 259 g/mol. The van der Waals surface area contributed by atoms with E-state index in [9.17, 15) is 4.79 Å². The lowest BCUT2D eigenvalue weighted by atomic mass is 9.81. The predicted octanol–water partition coefficient (Wildman–Crippen LogP) is 2.25. The third-order valence-corrected chi connectivity index (χ3v) is 4.12. The third kappa shape index (κ3) is 2.72. The Morgan fingerprint density at radius 1 is 1.11 bits per heavy atom. The molecule has 2 atom stereocenters. The van der Waals surface area contributed by atoms with Crippen LogP contribution in [0.2, 0.25) is 0 Å². The van der Waals surface area contributed by atoms with Gasteiger partial charge in [0.15, 0.2) is 5.78 Å². The Morgan fingerprint density at radius 3 is 2.26 bits per heavy atom. The van der Waals surface area contributed by atoms with Crippen LogP contribution in [0.15, 0.2) is 18.2 Å². The second-order valence-corrected chi connectivity index (χ2v) is 6.01. The van der Waals surface area contributed by atoms with Gasteiger partial charge in [0.25, 0.3) is 0 Å². The Bertz CT molecular complexity index is 465. The number of rotatable bonds is 2. The van der Waals surface area contributed by atoms with Gasteiger partial charge in [-0.05, 0) is 38.8 Å². The molecule has 102 valence electrons. The van der Waals surface area contributed by atoms with E-state index < -0.39 is 0 Å². The van der Waals surface area contributed by atoms with Crippen molar-refractivity contribution in [1.82, 2.24) is 5.32 Å². The Balaban J connectivity index is 1.79. The zero-order valence-corrected chi connectivity index (χ0v) is 11.6. The van der Waals surface area contributed by atoms with E-state index >= 15 is 0 Å². The van der Waals surface area contributed by atoms with Crippen LogP contribution >= 0.6 is 0 Å². The molecule has 2 fully saturated rings. The summed E-state index contributed by atoms with van der Waals surface area (Å²) in [7, 11) is 0. The largest absolute Gasteiger partial charge is 0.378 e. The molecular formula is C16H21NO2. The molecule has 2 heterocycles. The van der Waals surface area contributed by atoms with E-state index in [1.807, 2.05) is 12.1 Å². The van der Waals surface area contributed by atoms with Gasteiger partial charge in [-0.15, -0.1) is 0 Å². The van der Waals surface area contributed by atoms with Crippen molar-refractivity contribution in [3.63, 3.8) is 0 Å². The number of aryl methyl sites for hydroxylation is 2. The first-order valence-electron chi connectivity index (χ1n) is 7.08. The van der Waals surface area contributed by atoms with E-state index in [4.69, 9.17) is 4.74 Å². The Kier molecular flexibility index (Phi) is 3.42. The molecule has 0 saturated carbocycles. The maximum Gasteiger partial charge on any atom is 0.166 e. The van der Waals surface area contributed by atoms with Crippen molar-refractivity contribution in [2.24, 2.45) is 5.92 Å². The van der Waals surface area contributed by atoms with Crippen molar-refractivity contribution in [3.05, 3.63) is 34.9 Å². The van der Waals surface area contributed by atoms with Crippen LogP contribution in [0.3, 0.4) is 0 Å². The lowest BCUT2D eigenvalue weighted by Crippen LogP contribution is -2.55. The first-order chi connectivity index (χ1) is 9.11. The van der Waals surface area contributed by atoms with Crippen LogP contribution < -0.4 is 5.32 Å². The summed E-state index contributed by atoms with van der Waals surface area (Å²) in [6, 6.07) is 6.86. The van der Waals surface area contributed by atoms with Crippen LogP contribution in [0.1, 0.15) is 34.3 Å². The van der Waals surface area contributed by atoms with E-state index in [-0.39, 0.29) is 5.92 Å². The minimum absolute atomic E-state index is 0.154. The number of hydrogen-bond donors (Lipinski definition) is 1. The van der Waals surface area contributed by atoms with E-state index in [0.29, 0.717) is 17.9 Å². The van der Waals surface area contributed by atoms with Crippen LogP contribution in [0, 0.1) is 19.8 Å². The maximum atomic E-state index is 12.7. The molecule has 2 saturated heterocycles. The molecule has 0 spiro atoms. The molecule has 0 aliphatic carbocycles. The van der Waals surface area contributed by atoms with Gasteiger partial charge in [0.05, 0.1) is 13.2 Å². The molecule has 2 bridgehead atoms. The number of fused-ring (bicyclic) bond motifs is 2. The van der Waals surface area contributed by atoms with Gasteiger partial charge in [-0.1, -0.05) is 17.2 Å².